The summed E-state index contributed by atoms with van der Waals surface area (Å²) in [6.45, 7) is 0. The molecule has 0 aliphatic heterocycles. The van der Waals surface area contributed by atoms with Crippen molar-refractivity contribution < 1.29 is 9.32 Å². The monoisotopic (exact) mass is 403 g/mol. The van der Waals surface area contributed by atoms with Crippen LogP contribution in [0.5, 0.6) is 0 Å². The maximum absolute atomic E-state index is 12.1. The van der Waals surface area contributed by atoms with Crippen LogP contribution in [-0.4, -0.2) is 16.0 Å². The molecule has 0 spiro atoms. The minimum atomic E-state index is -0.126. The molecule has 0 radical (unpaired) electrons. The quantitative estimate of drug-likeness (QED) is 0.453. The Balaban J connectivity index is 1.35. The normalized spacial score (nSPS) is 10.7. The van der Waals surface area contributed by atoms with Crippen molar-refractivity contribution in [1.29, 1.82) is 0 Å². The second-order valence-corrected chi connectivity index (χ2v) is 6.95. The number of carbonyl (C=O) groups is 1. The van der Waals surface area contributed by atoms with Gasteiger partial charge in [-0.1, -0.05) is 71.4 Å². The number of amides is 1. The Morgan fingerprint density at radius 2 is 1.52 bits per heavy atom. The van der Waals surface area contributed by atoms with E-state index in [9.17, 15) is 4.79 Å². The lowest BCUT2D eigenvalue weighted by Gasteiger charge is -2.03. The van der Waals surface area contributed by atoms with Crippen molar-refractivity contribution in [3.63, 3.8) is 0 Å². The summed E-state index contributed by atoms with van der Waals surface area (Å²) >= 11 is 5.84. The predicted molar refractivity (Wildman–Crippen MR) is 114 cm³/mol. The highest BCUT2D eigenvalue weighted by Gasteiger charge is 2.11. The molecule has 29 heavy (non-hydrogen) atoms. The third kappa shape index (κ3) is 4.89. The van der Waals surface area contributed by atoms with Gasteiger partial charge in [0.15, 0.2) is 0 Å². The van der Waals surface area contributed by atoms with Crippen molar-refractivity contribution in [3.8, 4) is 22.5 Å². The highest BCUT2D eigenvalue weighted by atomic mass is 35.5. The fourth-order valence-corrected chi connectivity index (χ4v) is 3.02. The van der Waals surface area contributed by atoms with Crippen LogP contribution in [-0.2, 0) is 11.2 Å². The zero-order valence-corrected chi connectivity index (χ0v) is 16.3. The van der Waals surface area contributed by atoms with Gasteiger partial charge >= 0.3 is 0 Å². The smallest absolute Gasteiger partial charge is 0.227 e. The number of nitrogens with one attached hydrogen (secondary N) is 1. The minimum absolute atomic E-state index is 0.126. The van der Waals surface area contributed by atoms with E-state index in [4.69, 9.17) is 16.1 Å². The molecule has 4 rings (SSSR count). The Labute approximate surface area is 173 Å². The molecular weight excluding hydrogens is 386 g/mol. The fraction of sp³-hybridized carbons (Fsp3) is 0.0870. The molecule has 1 heterocycles. The minimum Gasteiger partial charge on any atom is -0.339 e. The van der Waals surface area contributed by atoms with E-state index in [0.717, 1.165) is 16.7 Å². The molecule has 0 fully saturated rings. The third-order valence-corrected chi connectivity index (χ3v) is 4.66. The Bertz CT molecular complexity index is 1090. The molecule has 0 bridgehead atoms. The Morgan fingerprint density at radius 1 is 0.862 bits per heavy atom. The SMILES string of the molecule is O=C(CCc1nc(-c2ccc(-c3ccccc3)cc2)no1)Nc1ccc(Cl)cc1. The number of anilines is 1. The highest BCUT2D eigenvalue weighted by Crippen LogP contribution is 2.23. The van der Waals surface area contributed by atoms with Gasteiger partial charge in [-0.15, -0.1) is 0 Å². The first-order valence-corrected chi connectivity index (χ1v) is 9.59. The van der Waals surface area contributed by atoms with Crippen LogP contribution in [0.1, 0.15) is 12.3 Å². The van der Waals surface area contributed by atoms with Crippen LogP contribution in [0.25, 0.3) is 22.5 Å². The Hall–Kier alpha value is -3.44. The molecule has 6 heteroatoms. The molecular formula is C23H18ClN3O2. The number of benzene rings is 3. The summed E-state index contributed by atoms with van der Waals surface area (Å²) in [5.74, 6) is 0.815. The number of carbonyl (C=O) groups excluding carboxylic acids is 1. The molecule has 3 aromatic carbocycles. The van der Waals surface area contributed by atoms with Crippen LogP contribution in [0.15, 0.2) is 83.4 Å². The Kier molecular flexibility index (Phi) is 5.68. The number of aryl methyl sites for hydroxylation is 1. The number of hydrogen-bond donors (Lipinski definition) is 1. The summed E-state index contributed by atoms with van der Waals surface area (Å²) in [5.41, 5.74) is 3.84. The van der Waals surface area contributed by atoms with E-state index in [1.807, 2.05) is 42.5 Å². The second-order valence-electron chi connectivity index (χ2n) is 6.51. The van der Waals surface area contributed by atoms with E-state index in [1.165, 1.54) is 0 Å². The molecule has 0 atom stereocenters. The van der Waals surface area contributed by atoms with Gasteiger partial charge in [0.05, 0.1) is 0 Å². The van der Waals surface area contributed by atoms with Crippen molar-refractivity contribution in [1.82, 2.24) is 10.1 Å². The second kappa shape index (κ2) is 8.71. The lowest BCUT2D eigenvalue weighted by Crippen LogP contribution is -2.12. The lowest BCUT2D eigenvalue weighted by molar-refractivity contribution is -0.116. The van der Waals surface area contributed by atoms with Gasteiger partial charge in [0.1, 0.15) is 0 Å². The first-order valence-electron chi connectivity index (χ1n) is 9.21. The predicted octanol–water partition coefficient (Wildman–Crippen LogP) is 5.63. The van der Waals surface area contributed by atoms with Gasteiger partial charge in [0.25, 0.3) is 0 Å². The highest BCUT2D eigenvalue weighted by molar-refractivity contribution is 6.30. The van der Waals surface area contributed by atoms with Crippen molar-refractivity contribution in [2.75, 3.05) is 5.32 Å². The maximum atomic E-state index is 12.1. The Morgan fingerprint density at radius 3 is 2.24 bits per heavy atom. The van der Waals surface area contributed by atoms with Crippen molar-refractivity contribution in [2.24, 2.45) is 0 Å². The molecule has 0 saturated heterocycles. The van der Waals surface area contributed by atoms with Gasteiger partial charge in [-0.25, -0.2) is 0 Å². The summed E-state index contributed by atoms with van der Waals surface area (Å²) in [6.07, 6.45) is 0.617. The molecule has 0 aliphatic rings. The zero-order valence-electron chi connectivity index (χ0n) is 15.5. The summed E-state index contributed by atoms with van der Waals surface area (Å²) in [5, 5.41) is 7.46. The molecule has 0 saturated carbocycles. The maximum Gasteiger partial charge on any atom is 0.227 e. The van der Waals surface area contributed by atoms with E-state index in [-0.39, 0.29) is 12.3 Å². The number of nitrogens with zero attached hydrogens (tertiary/aromatic N) is 2. The lowest BCUT2D eigenvalue weighted by atomic mass is 10.0. The fourth-order valence-electron chi connectivity index (χ4n) is 2.89. The van der Waals surface area contributed by atoms with Crippen molar-refractivity contribution in [2.45, 2.75) is 12.8 Å². The van der Waals surface area contributed by atoms with Gasteiger partial charge < -0.3 is 9.84 Å². The largest absolute Gasteiger partial charge is 0.339 e. The van der Waals surface area contributed by atoms with Crippen LogP contribution in [0.2, 0.25) is 5.02 Å². The van der Waals surface area contributed by atoms with E-state index in [2.05, 4.69) is 27.6 Å². The van der Waals surface area contributed by atoms with Crippen molar-refractivity contribution in [3.05, 3.63) is 89.8 Å². The van der Waals surface area contributed by atoms with Gasteiger partial charge in [-0.05, 0) is 35.4 Å². The van der Waals surface area contributed by atoms with E-state index in [0.29, 0.717) is 28.8 Å². The molecule has 0 aliphatic carbocycles. The molecule has 1 amide bonds. The topological polar surface area (TPSA) is 68.0 Å². The summed E-state index contributed by atoms with van der Waals surface area (Å²) in [6, 6.07) is 25.1. The summed E-state index contributed by atoms with van der Waals surface area (Å²) in [4.78, 5) is 16.5. The molecule has 1 N–H and O–H groups in total. The number of rotatable bonds is 6. The third-order valence-electron chi connectivity index (χ3n) is 4.41. The average molecular weight is 404 g/mol. The first-order chi connectivity index (χ1) is 14.2. The molecule has 4 aromatic rings. The van der Waals surface area contributed by atoms with Gasteiger partial charge in [0, 0.05) is 29.1 Å². The first kappa shape index (κ1) is 18.9. The summed E-state index contributed by atoms with van der Waals surface area (Å²) < 4.78 is 5.29. The van der Waals surface area contributed by atoms with Crippen LogP contribution >= 0.6 is 11.6 Å². The van der Waals surface area contributed by atoms with Crippen LogP contribution < -0.4 is 5.32 Å². The van der Waals surface area contributed by atoms with Crippen LogP contribution in [0.3, 0.4) is 0 Å². The van der Waals surface area contributed by atoms with E-state index < -0.39 is 0 Å². The van der Waals surface area contributed by atoms with Gasteiger partial charge in [-0.3, -0.25) is 4.79 Å². The zero-order chi connectivity index (χ0) is 20.1. The number of hydrogen-bond acceptors (Lipinski definition) is 4. The van der Waals surface area contributed by atoms with E-state index >= 15 is 0 Å². The molecule has 1 aromatic heterocycles. The summed E-state index contributed by atoms with van der Waals surface area (Å²) in [7, 11) is 0. The number of halogens is 1. The number of aromatic nitrogens is 2. The van der Waals surface area contributed by atoms with Crippen LogP contribution in [0, 0.1) is 0 Å². The standard InChI is InChI=1S/C23H18ClN3O2/c24-19-10-12-20(13-11-19)25-21(28)14-15-22-26-23(27-29-22)18-8-6-17(7-9-18)16-4-2-1-3-5-16/h1-13H,14-15H2,(H,25,28). The molecule has 0 unspecified atom stereocenters. The van der Waals surface area contributed by atoms with Gasteiger partial charge in [-0.2, -0.15) is 4.98 Å². The van der Waals surface area contributed by atoms with Crippen molar-refractivity contribution >= 4 is 23.2 Å². The van der Waals surface area contributed by atoms with Gasteiger partial charge in [0.2, 0.25) is 17.6 Å². The van der Waals surface area contributed by atoms with E-state index in [1.54, 1.807) is 24.3 Å². The molecule has 5 nitrogen and oxygen atoms in total. The van der Waals surface area contributed by atoms with Crippen LogP contribution in [0.4, 0.5) is 5.69 Å². The average Bonchev–Trinajstić information content (AvgIpc) is 3.24. The molecule has 144 valence electrons.